The highest BCUT2D eigenvalue weighted by molar-refractivity contribution is 6.30. The molecule has 0 fully saturated rings. The predicted molar refractivity (Wildman–Crippen MR) is 54.2 cm³/mol. The van der Waals surface area contributed by atoms with Gasteiger partial charge in [0.2, 0.25) is 0 Å². The summed E-state index contributed by atoms with van der Waals surface area (Å²) < 4.78 is 14.8. The molecule has 2 rings (SSSR count). The number of nitrogens with zero attached hydrogens (tertiary/aromatic N) is 3. The van der Waals surface area contributed by atoms with Gasteiger partial charge in [-0.05, 0) is 18.2 Å². The minimum atomic E-state index is -0.448. The second-order valence-corrected chi connectivity index (χ2v) is 3.39. The maximum absolute atomic E-state index is 13.4. The van der Waals surface area contributed by atoms with Crippen LogP contribution in [0, 0.1) is 5.82 Å². The highest BCUT2D eigenvalue weighted by atomic mass is 35.5. The fourth-order valence-electron chi connectivity index (χ4n) is 1.18. The Kier molecular flexibility index (Phi) is 2.66. The first-order valence-electron chi connectivity index (χ1n) is 4.27. The third-order valence-corrected chi connectivity index (χ3v) is 2.14. The Morgan fingerprint density at radius 1 is 1.47 bits per heavy atom. The van der Waals surface area contributed by atoms with Gasteiger partial charge in [0.1, 0.15) is 11.5 Å². The first-order valence-corrected chi connectivity index (χ1v) is 4.65. The van der Waals surface area contributed by atoms with Crippen LogP contribution in [0.3, 0.4) is 0 Å². The molecule has 0 saturated carbocycles. The van der Waals surface area contributed by atoms with Gasteiger partial charge in [-0.25, -0.2) is 9.07 Å². The van der Waals surface area contributed by atoms with Gasteiger partial charge in [-0.2, -0.15) is 0 Å². The summed E-state index contributed by atoms with van der Waals surface area (Å²) in [6.45, 7) is 0.273. The zero-order chi connectivity index (χ0) is 10.8. The fourth-order valence-corrected chi connectivity index (χ4v) is 1.34. The van der Waals surface area contributed by atoms with Gasteiger partial charge in [-0.15, -0.1) is 5.10 Å². The Hall–Kier alpha value is -1.46. The minimum absolute atomic E-state index is 0.273. The van der Waals surface area contributed by atoms with E-state index in [0.717, 1.165) is 0 Å². The summed E-state index contributed by atoms with van der Waals surface area (Å²) in [4.78, 5) is 0. The summed E-state index contributed by atoms with van der Waals surface area (Å²) in [5.74, 6) is -0.448. The summed E-state index contributed by atoms with van der Waals surface area (Å²) >= 11 is 5.63. The molecule has 0 radical (unpaired) electrons. The predicted octanol–water partition coefficient (Wildman–Crippen LogP) is 1.52. The Morgan fingerprint density at radius 3 is 2.87 bits per heavy atom. The van der Waals surface area contributed by atoms with E-state index in [-0.39, 0.29) is 6.54 Å². The van der Waals surface area contributed by atoms with E-state index in [2.05, 4.69) is 10.3 Å². The molecule has 15 heavy (non-hydrogen) atoms. The van der Waals surface area contributed by atoms with E-state index in [1.165, 1.54) is 16.8 Å². The van der Waals surface area contributed by atoms with Gasteiger partial charge >= 0.3 is 0 Å². The average Bonchev–Trinajstić information content (AvgIpc) is 2.66. The number of nitrogens with two attached hydrogens (primary N) is 1. The lowest BCUT2D eigenvalue weighted by Gasteiger charge is -2.01. The van der Waals surface area contributed by atoms with Gasteiger partial charge < -0.3 is 5.73 Å². The Morgan fingerprint density at radius 2 is 2.27 bits per heavy atom. The smallest absolute Gasteiger partial charge is 0.150 e. The molecule has 0 amide bonds. The van der Waals surface area contributed by atoms with Crippen LogP contribution in [0.2, 0.25) is 5.02 Å². The second kappa shape index (κ2) is 3.96. The van der Waals surface area contributed by atoms with Crippen molar-refractivity contribution in [2.24, 2.45) is 5.73 Å². The Balaban J connectivity index is 2.44. The zero-order valence-corrected chi connectivity index (χ0v) is 8.45. The van der Waals surface area contributed by atoms with Gasteiger partial charge in [0.25, 0.3) is 0 Å². The highest BCUT2D eigenvalue weighted by Gasteiger charge is 2.07. The molecule has 0 aliphatic carbocycles. The topological polar surface area (TPSA) is 56.7 Å². The van der Waals surface area contributed by atoms with Crippen LogP contribution in [-0.4, -0.2) is 15.0 Å². The first kappa shape index (κ1) is 10.1. The summed E-state index contributed by atoms with van der Waals surface area (Å²) in [7, 11) is 0. The summed E-state index contributed by atoms with van der Waals surface area (Å²) in [6.07, 6.45) is 1.58. The highest BCUT2D eigenvalue weighted by Crippen LogP contribution is 2.17. The molecule has 0 spiro atoms. The van der Waals surface area contributed by atoms with Crippen LogP contribution in [0.25, 0.3) is 5.69 Å². The number of halogens is 2. The lowest BCUT2D eigenvalue weighted by molar-refractivity contribution is 0.607. The number of aromatic nitrogens is 3. The molecule has 1 aromatic heterocycles. The van der Waals surface area contributed by atoms with E-state index in [1.807, 2.05) is 0 Å². The van der Waals surface area contributed by atoms with E-state index in [4.69, 9.17) is 17.3 Å². The van der Waals surface area contributed by atoms with Crippen LogP contribution in [0.5, 0.6) is 0 Å². The largest absolute Gasteiger partial charge is 0.325 e. The van der Waals surface area contributed by atoms with Crippen molar-refractivity contribution >= 4 is 11.6 Å². The molecular weight excluding hydrogens is 219 g/mol. The van der Waals surface area contributed by atoms with Gasteiger partial charge in [0, 0.05) is 11.6 Å². The minimum Gasteiger partial charge on any atom is -0.325 e. The molecule has 6 heteroatoms. The van der Waals surface area contributed by atoms with Crippen molar-refractivity contribution in [3.8, 4) is 5.69 Å². The van der Waals surface area contributed by atoms with Crippen LogP contribution in [0.15, 0.2) is 24.4 Å². The van der Waals surface area contributed by atoms with Crippen LogP contribution in [-0.2, 0) is 6.54 Å². The standard InChI is InChI=1S/C9H8ClFN4/c10-6-1-2-9(8(11)3-6)15-5-7(4-12)13-14-15/h1-3,5H,4,12H2. The molecule has 0 unspecified atom stereocenters. The van der Waals surface area contributed by atoms with Crippen LogP contribution in [0.4, 0.5) is 4.39 Å². The second-order valence-electron chi connectivity index (χ2n) is 2.95. The molecule has 2 aromatic rings. The SMILES string of the molecule is NCc1cn(-c2ccc(Cl)cc2F)nn1. The van der Waals surface area contributed by atoms with E-state index in [9.17, 15) is 4.39 Å². The molecule has 78 valence electrons. The fraction of sp³-hybridized carbons (Fsp3) is 0.111. The molecule has 0 bridgehead atoms. The van der Waals surface area contributed by atoms with Gasteiger partial charge in [-0.1, -0.05) is 16.8 Å². The third kappa shape index (κ3) is 1.98. The summed E-state index contributed by atoms with van der Waals surface area (Å²) in [6, 6.07) is 4.34. The third-order valence-electron chi connectivity index (χ3n) is 1.91. The summed E-state index contributed by atoms with van der Waals surface area (Å²) in [5.41, 5.74) is 6.27. The summed E-state index contributed by atoms with van der Waals surface area (Å²) in [5, 5.41) is 7.86. The van der Waals surface area contributed by atoms with Crippen LogP contribution in [0.1, 0.15) is 5.69 Å². The monoisotopic (exact) mass is 226 g/mol. The molecule has 0 aliphatic heterocycles. The molecule has 0 atom stereocenters. The zero-order valence-electron chi connectivity index (χ0n) is 7.69. The van der Waals surface area contributed by atoms with Gasteiger partial charge in [0.05, 0.1) is 11.9 Å². The molecule has 2 N–H and O–H groups in total. The Labute approximate surface area is 90.5 Å². The van der Waals surface area contributed by atoms with E-state index in [1.54, 1.807) is 12.3 Å². The molecule has 4 nitrogen and oxygen atoms in total. The maximum Gasteiger partial charge on any atom is 0.150 e. The lowest BCUT2D eigenvalue weighted by atomic mass is 10.3. The molecule has 0 aliphatic rings. The van der Waals surface area contributed by atoms with Crippen molar-refractivity contribution in [1.82, 2.24) is 15.0 Å². The molecule has 1 aromatic carbocycles. The van der Waals surface area contributed by atoms with Crippen molar-refractivity contribution in [3.05, 3.63) is 40.9 Å². The number of rotatable bonds is 2. The van der Waals surface area contributed by atoms with E-state index < -0.39 is 5.82 Å². The molecule has 1 heterocycles. The lowest BCUT2D eigenvalue weighted by Crippen LogP contribution is -1.98. The number of benzene rings is 1. The van der Waals surface area contributed by atoms with E-state index >= 15 is 0 Å². The quantitative estimate of drug-likeness (QED) is 0.845. The van der Waals surface area contributed by atoms with Crippen molar-refractivity contribution in [3.63, 3.8) is 0 Å². The Bertz CT molecular complexity index is 483. The van der Waals surface area contributed by atoms with Crippen molar-refractivity contribution < 1.29 is 4.39 Å². The first-order chi connectivity index (χ1) is 7.20. The van der Waals surface area contributed by atoms with Gasteiger partial charge in [0.15, 0.2) is 0 Å². The van der Waals surface area contributed by atoms with Crippen LogP contribution < -0.4 is 5.73 Å². The van der Waals surface area contributed by atoms with Crippen molar-refractivity contribution in [2.75, 3.05) is 0 Å². The van der Waals surface area contributed by atoms with Crippen molar-refractivity contribution in [1.29, 1.82) is 0 Å². The number of hydrogen-bond acceptors (Lipinski definition) is 3. The number of hydrogen-bond donors (Lipinski definition) is 1. The molecular formula is C9H8ClFN4. The van der Waals surface area contributed by atoms with Crippen LogP contribution >= 0.6 is 11.6 Å². The molecule has 0 saturated heterocycles. The van der Waals surface area contributed by atoms with Crippen molar-refractivity contribution in [2.45, 2.75) is 6.54 Å². The average molecular weight is 227 g/mol. The van der Waals surface area contributed by atoms with E-state index in [0.29, 0.717) is 16.4 Å². The maximum atomic E-state index is 13.4. The normalized spacial score (nSPS) is 10.6. The van der Waals surface area contributed by atoms with Gasteiger partial charge in [-0.3, -0.25) is 0 Å².